The summed E-state index contributed by atoms with van der Waals surface area (Å²) in [5, 5.41) is 2.36. The van der Waals surface area contributed by atoms with Crippen LogP contribution in [0.2, 0.25) is 0 Å². The van der Waals surface area contributed by atoms with Crippen LogP contribution in [0.15, 0.2) is 23.7 Å². The first-order valence-electron chi connectivity index (χ1n) is 8.83. The lowest BCUT2D eigenvalue weighted by molar-refractivity contribution is 0.0984. The Labute approximate surface area is 163 Å². The molecule has 3 aromatic rings. The highest BCUT2D eigenvalue weighted by atomic mass is 32.1. The number of pyridine rings is 1. The minimum absolute atomic E-state index is 0.0951. The Bertz CT molecular complexity index is 997. The van der Waals surface area contributed by atoms with Crippen LogP contribution in [0.25, 0.3) is 10.6 Å². The molecular formula is C18H16FN5OS2. The van der Waals surface area contributed by atoms with E-state index >= 15 is 0 Å². The summed E-state index contributed by atoms with van der Waals surface area (Å²) >= 11 is 2.55. The van der Waals surface area contributed by atoms with E-state index in [4.69, 9.17) is 0 Å². The molecule has 2 aliphatic heterocycles. The summed E-state index contributed by atoms with van der Waals surface area (Å²) in [5.41, 5.74) is 1.89. The molecule has 9 heteroatoms. The summed E-state index contributed by atoms with van der Waals surface area (Å²) in [6.45, 7) is 2.39. The SMILES string of the molecule is O=C1c2sc(-c3ccc(N4CCCC4)nc3F)nc2CCN1c1cnsc1. The van der Waals surface area contributed by atoms with Crippen LogP contribution in [-0.2, 0) is 6.42 Å². The van der Waals surface area contributed by atoms with Gasteiger partial charge in [0.25, 0.3) is 5.91 Å². The van der Waals surface area contributed by atoms with Gasteiger partial charge < -0.3 is 9.80 Å². The van der Waals surface area contributed by atoms with Crippen LogP contribution in [0, 0.1) is 5.95 Å². The number of carbonyl (C=O) groups excluding carboxylic acids is 1. The number of hydrogen-bond donors (Lipinski definition) is 0. The summed E-state index contributed by atoms with van der Waals surface area (Å²) < 4.78 is 18.7. The van der Waals surface area contributed by atoms with Crippen molar-refractivity contribution in [2.75, 3.05) is 29.4 Å². The Kier molecular flexibility index (Phi) is 4.13. The van der Waals surface area contributed by atoms with E-state index in [0.717, 1.165) is 37.3 Å². The highest BCUT2D eigenvalue weighted by Crippen LogP contribution is 2.35. The standard InChI is InChI=1S/C18H16FN5OS2/c19-16-12(3-4-14(22-16)23-6-1-2-7-23)17-21-13-5-8-24(11-9-20-26-10-11)18(25)15(13)27-17/h3-4,9-10H,1-2,5-8H2. The molecule has 1 amide bonds. The third-order valence-electron chi connectivity index (χ3n) is 4.93. The lowest BCUT2D eigenvalue weighted by atomic mass is 10.1. The Hall–Kier alpha value is -2.39. The van der Waals surface area contributed by atoms with Gasteiger partial charge in [0.2, 0.25) is 5.95 Å². The van der Waals surface area contributed by atoms with Crippen LogP contribution in [-0.4, -0.2) is 39.9 Å². The van der Waals surface area contributed by atoms with Crippen molar-refractivity contribution in [3.05, 3.63) is 40.2 Å². The van der Waals surface area contributed by atoms with Crippen molar-refractivity contribution < 1.29 is 9.18 Å². The van der Waals surface area contributed by atoms with Crippen molar-refractivity contribution in [2.45, 2.75) is 19.3 Å². The number of thiazole rings is 1. The van der Waals surface area contributed by atoms with Crippen molar-refractivity contribution >= 4 is 40.3 Å². The molecule has 0 atom stereocenters. The van der Waals surface area contributed by atoms with Gasteiger partial charge in [0.1, 0.15) is 15.7 Å². The van der Waals surface area contributed by atoms with Crippen LogP contribution in [0.3, 0.4) is 0 Å². The first kappa shape index (κ1) is 16.8. The molecule has 0 saturated carbocycles. The minimum atomic E-state index is -0.531. The Morgan fingerprint density at radius 2 is 1.96 bits per heavy atom. The number of amides is 1. The van der Waals surface area contributed by atoms with Crippen molar-refractivity contribution in [2.24, 2.45) is 0 Å². The van der Waals surface area contributed by atoms with E-state index < -0.39 is 5.95 Å². The summed E-state index contributed by atoms with van der Waals surface area (Å²) in [7, 11) is 0. The number of aromatic nitrogens is 3. The van der Waals surface area contributed by atoms with Gasteiger partial charge in [-0.25, -0.2) is 9.97 Å². The Morgan fingerprint density at radius 1 is 1.11 bits per heavy atom. The normalized spacial score (nSPS) is 16.9. The van der Waals surface area contributed by atoms with Gasteiger partial charge in [0, 0.05) is 31.4 Å². The number of anilines is 2. The molecule has 0 N–H and O–H groups in total. The molecule has 5 rings (SSSR count). The van der Waals surface area contributed by atoms with Crippen LogP contribution < -0.4 is 9.80 Å². The summed E-state index contributed by atoms with van der Waals surface area (Å²) in [4.78, 5) is 25.9. The number of fused-ring (bicyclic) bond motifs is 1. The maximum absolute atomic E-state index is 14.7. The third-order valence-corrected chi connectivity index (χ3v) is 6.63. The lowest BCUT2D eigenvalue weighted by Gasteiger charge is -2.24. The number of carbonyl (C=O) groups is 1. The van der Waals surface area contributed by atoms with E-state index in [1.165, 1.54) is 22.9 Å². The fourth-order valence-electron chi connectivity index (χ4n) is 3.53. The average molecular weight is 401 g/mol. The van der Waals surface area contributed by atoms with Gasteiger partial charge in [0.05, 0.1) is 23.1 Å². The number of nitrogens with zero attached hydrogens (tertiary/aromatic N) is 5. The lowest BCUT2D eigenvalue weighted by Crippen LogP contribution is -2.36. The van der Waals surface area contributed by atoms with E-state index in [1.54, 1.807) is 17.2 Å². The van der Waals surface area contributed by atoms with Gasteiger partial charge in [-0.2, -0.15) is 8.76 Å². The van der Waals surface area contributed by atoms with Gasteiger partial charge in [-0.1, -0.05) is 0 Å². The van der Waals surface area contributed by atoms with Crippen LogP contribution in [0.4, 0.5) is 15.9 Å². The van der Waals surface area contributed by atoms with Crippen molar-refractivity contribution in [1.82, 2.24) is 14.3 Å². The molecule has 27 heavy (non-hydrogen) atoms. The molecule has 1 saturated heterocycles. The minimum Gasteiger partial charge on any atom is -0.357 e. The second-order valence-corrected chi connectivity index (χ2v) is 8.24. The molecule has 0 aromatic carbocycles. The molecule has 0 unspecified atom stereocenters. The predicted molar refractivity (Wildman–Crippen MR) is 104 cm³/mol. The van der Waals surface area contributed by atoms with Crippen LogP contribution >= 0.6 is 22.9 Å². The molecule has 138 valence electrons. The fourth-order valence-corrected chi connectivity index (χ4v) is 5.13. The van der Waals surface area contributed by atoms with E-state index in [2.05, 4.69) is 19.2 Å². The molecule has 0 bridgehead atoms. The summed E-state index contributed by atoms with van der Waals surface area (Å²) in [5.74, 6) is 0.0429. The summed E-state index contributed by atoms with van der Waals surface area (Å²) in [6.07, 6.45) is 4.57. The van der Waals surface area contributed by atoms with Gasteiger partial charge in [-0.15, -0.1) is 11.3 Å². The zero-order valence-corrected chi connectivity index (χ0v) is 16.0. The van der Waals surface area contributed by atoms with Crippen LogP contribution in [0.5, 0.6) is 0 Å². The quantitative estimate of drug-likeness (QED) is 0.628. The number of halogens is 1. The summed E-state index contributed by atoms with van der Waals surface area (Å²) in [6, 6.07) is 3.57. The zero-order valence-electron chi connectivity index (χ0n) is 14.4. The van der Waals surface area contributed by atoms with Crippen molar-refractivity contribution in [3.63, 3.8) is 0 Å². The first-order valence-corrected chi connectivity index (χ1v) is 10.5. The van der Waals surface area contributed by atoms with E-state index in [9.17, 15) is 9.18 Å². The van der Waals surface area contributed by atoms with Gasteiger partial charge in [-0.3, -0.25) is 4.79 Å². The molecule has 1 fully saturated rings. The molecule has 3 aromatic heterocycles. The molecule has 0 aliphatic carbocycles. The zero-order chi connectivity index (χ0) is 18.4. The molecule has 2 aliphatic rings. The Morgan fingerprint density at radius 3 is 2.70 bits per heavy atom. The number of rotatable bonds is 3. The number of hydrogen-bond acceptors (Lipinski definition) is 7. The van der Waals surface area contributed by atoms with Gasteiger partial charge >= 0.3 is 0 Å². The maximum atomic E-state index is 14.7. The smallest absolute Gasteiger partial charge is 0.270 e. The second kappa shape index (κ2) is 6.65. The van der Waals surface area contributed by atoms with Gasteiger partial charge in [0.15, 0.2) is 0 Å². The maximum Gasteiger partial charge on any atom is 0.270 e. The van der Waals surface area contributed by atoms with Crippen LogP contribution in [0.1, 0.15) is 28.2 Å². The van der Waals surface area contributed by atoms with E-state index in [0.29, 0.717) is 34.2 Å². The molecule has 6 nitrogen and oxygen atoms in total. The first-order chi connectivity index (χ1) is 13.2. The van der Waals surface area contributed by atoms with Crippen molar-refractivity contribution in [3.8, 4) is 10.6 Å². The second-order valence-electron chi connectivity index (χ2n) is 6.59. The molecular weight excluding hydrogens is 385 g/mol. The monoisotopic (exact) mass is 401 g/mol. The predicted octanol–water partition coefficient (Wildman–Crippen LogP) is 3.60. The molecule has 5 heterocycles. The largest absolute Gasteiger partial charge is 0.357 e. The Balaban J connectivity index is 1.46. The third kappa shape index (κ3) is 2.90. The van der Waals surface area contributed by atoms with Crippen molar-refractivity contribution in [1.29, 1.82) is 0 Å². The fraction of sp³-hybridized carbons (Fsp3) is 0.333. The average Bonchev–Trinajstić information content (AvgIpc) is 3.43. The highest BCUT2D eigenvalue weighted by molar-refractivity contribution is 7.17. The highest BCUT2D eigenvalue weighted by Gasteiger charge is 2.30. The topological polar surface area (TPSA) is 62.2 Å². The molecule has 0 spiro atoms. The van der Waals surface area contributed by atoms with E-state index in [1.807, 2.05) is 11.4 Å². The van der Waals surface area contributed by atoms with Gasteiger partial charge in [-0.05, 0) is 36.5 Å². The molecule has 0 radical (unpaired) electrons. The van der Waals surface area contributed by atoms with E-state index in [-0.39, 0.29) is 5.91 Å².